The van der Waals surface area contributed by atoms with Crippen LogP contribution in [-0.4, -0.2) is 16.7 Å². The number of nitrogens with one attached hydrogen (secondary N) is 1. The van der Waals surface area contributed by atoms with Crippen LogP contribution in [0.5, 0.6) is 0 Å². The van der Waals surface area contributed by atoms with Crippen molar-refractivity contribution < 1.29 is 9.50 Å². The molecule has 2 heterocycles. The van der Waals surface area contributed by atoms with E-state index >= 15 is 0 Å². The average Bonchev–Trinajstić information content (AvgIpc) is 2.45. The number of benzene rings is 2. The number of aliphatic hydroxyl groups is 1. The summed E-state index contributed by atoms with van der Waals surface area (Å²) in [5.74, 6) is -1.73. The number of aliphatic imine (C=N–C) groups is 1. The molecule has 0 saturated heterocycles. The van der Waals surface area contributed by atoms with Gasteiger partial charge in [-0.2, -0.15) is 0 Å². The number of fused-ring (bicyclic) bond motifs is 2. The number of halogens is 1. The number of nitrogens with two attached hydrogens (primary N) is 1. The fourth-order valence-electron chi connectivity index (χ4n) is 3.12. The van der Waals surface area contributed by atoms with Gasteiger partial charge in [-0.3, -0.25) is 0 Å². The fourth-order valence-corrected chi connectivity index (χ4v) is 3.12. The van der Waals surface area contributed by atoms with Gasteiger partial charge in [0.05, 0.1) is 5.57 Å². The Kier molecular flexibility index (Phi) is 2.47. The Morgan fingerprint density at radius 1 is 1.18 bits per heavy atom. The molecule has 0 aromatic heterocycles. The lowest BCUT2D eigenvalue weighted by Gasteiger charge is -2.42. The van der Waals surface area contributed by atoms with Gasteiger partial charge in [-0.1, -0.05) is 18.2 Å². The first-order valence-corrected chi connectivity index (χ1v) is 6.96. The van der Waals surface area contributed by atoms with E-state index in [1.54, 1.807) is 24.3 Å². The normalized spacial score (nSPS) is 22.2. The van der Waals surface area contributed by atoms with Gasteiger partial charge in [-0.05, 0) is 36.8 Å². The SMILES string of the molecule is CC1=NC2(O)Nc3cc(N)ccc3C(c3ccc(F)cc3)=C12. The predicted octanol–water partition coefficient (Wildman–Crippen LogP) is 2.76. The van der Waals surface area contributed by atoms with E-state index in [4.69, 9.17) is 5.73 Å². The highest BCUT2D eigenvalue weighted by Gasteiger charge is 2.47. The zero-order valence-electron chi connectivity index (χ0n) is 11.9. The van der Waals surface area contributed by atoms with E-state index in [2.05, 4.69) is 10.3 Å². The Morgan fingerprint density at radius 2 is 1.91 bits per heavy atom. The van der Waals surface area contributed by atoms with Crippen molar-refractivity contribution in [2.75, 3.05) is 11.1 Å². The molecule has 5 heteroatoms. The molecule has 4 N–H and O–H groups in total. The van der Waals surface area contributed by atoms with E-state index in [9.17, 15) is 9.50 Å². The first-order chi connectivity index (χ1) is 10.5. The van der Waals surface area contributed by atoms with Crippen LogP contribution in [0.1, 0.15) is 18.1 Å². The number of hydrogen-bond donors (Lipinski definition) is 3. The van der Waals surface area contributed by atoms with E-state index < -0.39 is 5.85 Å². The van der Waals surface area contributed by atoms with Gasteiger partial charge in [0.1, 0.15) is 5.82 Å². The highest BCUT2D eigenvalue weighted by molar-refractivity contribution is 6.16. The van der Waals surface area contributed by atoms with Gasteiger partial charge in [-0.25, -0.2) is 9.38 Å². The smallest absolute Gasteiger partial charge is 0.264 e. The molecule has 1 atom stereocenters. The summed E-state index contributed by atoms with van der Waals surface area (Å²) in [5, 5.41) is 13.7. The molecule has 0 spiro atoms. The van der Waals surface area contributed by atoms with Gasteiger partial charge in [0.25, 0.3) is 5.85 Å². The Hall–Kier alpha value is -2.66. The fraction of sp³-hybridized carbons (Fsp3) is 0.118. The molecule has 2 aromatic carbocycles. The highest BCUT2D eigenvalue weighted by Crippen LogP contribution is 2.47. The molecule has 2 aromatic rings. The van der Waals surface area contributed by atoms with Gasteiger partial charge in [0, 0.05) is 28.2 Å². The molecular formula is C17H14FN3O. The van der Waals surface area contributed by atoms with Crippen LogP contribution in [-0.2, 0) is 0 Å². The second-order valence-electron chi connectivity index (χ2n) is 5.56. The van der Waals surface area contributed by atoms with Gasteiger partial charge in [-0.15, -0.1) is 0 Å². The summed E-state index contributed by atoms with van der Waals surface area (Å²) < 4.78 is 13.2. The Labute approximate surface area is 126 Å². The average molecular weight is 295 g/mol. The number of nitrogens with zero attached hydrogens (tertiary/aromatic N) is 1. The molecule has 2 aliphatic heterocycles. The van der Waals surface area contributed by atoms with Gasteiger partial charge in [0.15, 0.2) is 0 Å². The number of nitrogen functional groups attached to an aromatic ring is 1. The number of rotatable bonds is 1. The van der Waals surface area contributed by atoms with Gasteiger partial charge in [0.2, 0.25) is 0 Å². The molecule has 0 aliphatic carbocycles. The molecule has 1 unspecified atom stereocenters. The van der Waals surface area contributed by atoms with Crippen molar-refractivity contribution >= 4 is 22.7 Å². The molecule has 22 heavy (non-hydrogen) atoms. The zero-order chi connectivity index (χ0) is 15.5. The molecule has 0 fully saturated rings. The topological polar surface area (TPSA) is 70.6 Å². The molecule has 0 bridgehead atoms. The second kappa shape index (κ2) is 4.18. The van der Waals surface area contributed by atoms with Crippen LogP contribution in [0.2, 0.25) is 0 Å². The van der Waals surface area contributed by atoms with Crippen LogP contribution in [0.3, 0.4) is 0 Å². The lowest BCUT2D eigenvalue weighted by Crippen LogP contribution is -2.51. The summed E-state index contributed by atoms with van der Waals surface area (Å²) in [4.78, 5) is 4.19. The third kappa shape index (κ3) is 1.69. The van der Waals surface area contributed by atoms with Crippen LogP contribution in [0, 0.1) is 5.82 Å². The summed E-state index contributed by atoms with van der Waals surface area (Å²) >= 11 is 0. The number of hydrogen-bond acceptors (Lipinski definition) is 4. The van der Waals surface area contributed by atoms with Crippen LogP contribution < -0.4 is 11.1 Å². The minimum atomic E-state index is -1.44. The van der Waals surface area contributed by atoms with Gasteiger partial charge >= 0.3 is 0 Å². The largest absolute Gasteiger partial charge is 0.399 e. The van der Waals surface area contributed by atoms with Crippen molar-refractivity contribution in [3.05, 3.63) is 65.0 Å². The Bertz CT molecular complexity index is 855. The molecule has 0 radical (unpaired) electrons. The Morgan fingerprint density at radius 3 is 2.59 bits per heavy atom. The Balaban J connectivity index is 2.01. The monoisotopic (exact) mass is 295 g/mol. The molecule has 0 saturated carbocycles. The first kappa shape index (κ1) is 13.0. The summed E-state index contributed by atoms with van der Waals surface area (Å²) in [6, 6.07) is 11.7. The summed E-state index contributed by atoms with van der Waals surface area (Å²) in [5.41, 5.74) is 11.2. The standard InChI is InChI=1S/C17H14FN3O/c1-9-16-15(10-2-4-11(18)5-3-10)13-7-6-12(19)8-14(13)21-17(16,22)20-9/h2-8,21-22H,19H2,1H3. The van der Waals surface area contributed by atoms with Crippen molar-refractivity contribution in [1.82, 2.24) is 0 Å². The van der Waals surface area contributed by atoms with E-state index in [0.717, 1.165) is 28.0 Å². The maximum absolute atomic E-state index is 13.2. The van der Waals surface area contributed by atoms with Crippen LogP contribution in [0.25, 0.3) is 5.57 Å². The third-order valence-corrected chi connectivity index (χ3v) is 4.04. The first-order valence-electron chi connectivity index (χ1n) is 6.96. The van der Waals surface area contributed by atoms with Crippen molar-refractivity contribution in [3.63, 3.8) is 0 Å². The quantitative estimate of drug-likeness (QED) is 0.708. The molecular weight excluding hydrogens is 281 g/mol. The molecule has 2 aliphatic rings. The van der Waals surface area contributed by atoms with Crippen LogP contribution >= 0.6 is 0 Å². The minimum absolute atomic E-state index is 0.296. The minimum Gasteiger partial charge on any atom is -0.399 e. The van der Waals surface area contributed by atoms with E-state index in [1.165, 1.54) is 12.1 Å². The second-order valence-corrected chi connectivity index (χ2v) is 5.56. The van der Waals surface area contributed by atoms with Crippen LogP contribution in [0.15, 0.2) is 53.0 Å². The number of anilines is 2. The molecule has 110 valence electrons. The maximum Gasteiger partial charge on any atom is 0.264 e. The summed E-state index contributed by atoms with van der Waals surface area (Å²) in [6.45, 7) is 1.84. The van der Waals surface area contributed by atoms with E-state index in [1.807, 2.05) is 13.0 Å². The van der Waals surface area contributed by atoms with E-state index in [0.29, 0.717) is 11.4 Å². The van der Waals surface area contributed by atoms with E-state index in [-0.39, 0.29) is 5.82 Å². The lowest BCUT2D eigenvalue weighted by atomic mass is 9.81. The summed E-state index contributed by atoms with van der Waals surface area (Å²) in [6.07, 6.45) is 0. The highest BCUT2D eigenvalue weighted by atomic mass is 19.1. The molecule has 4 nitrogen and oxygen atoms in total. The van der Waals surface area contributed by atoms with Crippen molar-refractivity contribution in [3.8, 4) is 0 Å². The predicted molar refractivity (Wildman–Crippen MR) is 85.0 cm³/mol. The van der Waals surface area contributed by atoms with Gasteiger partial charge < -0.3 is 16.2 Å². The zero-order valence-corrected chi connectivity index (χ0v) is 11.9. The lowest BCUT2D eigenvalue weighted by molar-refractivity contribution is 0.111. The molecule has 0 amide bonds. The van der Waals surface area contributed by atoms with Crippen molar-refractivity contribution in [2.45, 2.75) is 12.8 Å². The third-order valence-electron chi connectivity index (χ3n) is 4.04. The van der Waals surface area contributed by atoms with Crippen molar-refractivity contribution in [2.24, 2.45) is 4.99 Å². The maximum atomic E-state index is 13.2. The van der Waals surface area contributed by atoms with Crippen LogP contribution in [0.4, 0.5) is 15.8 Å². The van der Waals surface area contributed by atoms with Crippen molar-refractivity contribution in [1.29, 1.82) is 0 Å². The molecule has 4 rings (SSSR count). The summed E-state index contributed by atoms with van der Waals surface area (Å²) in [7, 11) is 0.